The molecular formula is C15H12BrN3O. The van der Waals surface area contributed by atoms with Crippen LogP contribution in [0.1, 0.15) is 5.56 Å². The highest BCUT2D eigenvalue weighted by molar-refractivity contribution is 9.10. The number of anilines is 1. The van der Waals surface area contributed by atoms with Crippen molar-refractivity contribution >= 4 is 21.6 Å². The van der Waals surface area contributed by atoms with Crippen LogP contribution in [-0.4, -0.2) is 10.1 Å². The van der Waals surface area contributed by atoms with Gasteiger partial charge in [0.05, 0.1) is 0 Å². The van der Waals surface area contributed by atoms with Crippen LogP contribution in [0.25, 0.3) is 22.8 Å². The van der Waals surface area contributed by atoms with Crippen molar-refractivity contribution < 1.29 is 4.52 Å². The Balaban J connectivity index is 2.04. The summed E-state index contributed by atoms with van der Waals surface area (Å²) in [5.41, 5.74) is 9.28. The summed E-state index contributed by atoms with van der Waals surface area (Å²) in [4.78, 5) is 4.44. The van der Waals surface area contributed by atoms with Crippen molar-refractivity contribution in [3.63, 3.8) is 0 Å². The molecule has 0 radical (unpaired) electrons. The molecule has 2 aromatic carbocycles. The van der Waals surface area contributed by atoms with Crippen molar-refractivity contribution in [2.45, 2.75) is 6.92 Å². The Hall–Kier alpha value is -2.14. The van der Waals surface area contributed by atoms with Crippen molar-refractivity contribution in [3.8, 4) is 22.8 Å². The van der Waals surface area contributed by atoms with Gasteiger partial charge in [-0.25, -0.2) is 0 Å². The van der Waals surface area contributed by atoms with Crippen LogP contribution in [0, 0.1) is 6.92 Å². The number of rotatable bonds is 2. The van der Waals surface area contributed by atoms with Gasteiger partial charge in [0.2, 0.25) is 5.82 Å². The lowest BCUT2D eigenvalue weighted by Gasteiger charge is -2.01. The second-order valence-electron chi connectivity index (χ2n) is 4.51. The fourth-order valence-corrected chi connectivity index (χ4v) is 2.35. The van der Waals surface area contributed by atoms with Gasteiger partial charge >= 0.3 is 0 Å². The van der Waals surface area contributed by atoms with Crippen LogP contribution >= 0.6 is 15.9 Å². The predicted octanol–water partition coefficient (Wildman–Crippen LogP) is 4.06. The van der Waals surface area contributed by atoms with E-state index in [1.54, 1.807) is 0 Å². The first kappa shape index (κ1) is 12.9. The van der Waals surface area contributed by atoms with Gasteiger partial charge in [-0.05, 0) is 36.8 Å². The summed E-state index contributed by atoms with van der Waals surface area (Å²) in [5, 5.41) is 4.03. The summed E-state index contributed by atoms with van der Waals surface area (Å²) < 4.78 is 6.32. The molecule has 0 saturated heterocycles. The first-order valence-corrected chi connectivity index (χ1v) is 6.89. The van der Waals surface area contributed by atoms with E-state index in [0.717, 1.165) is 21.2 Å². The highest BCUT2D eigenvalue weighted by atomic mass is 79.9. The molecule has 0 spiro atoms. The minimum Gasteiger partial charge on any atom is -0.399 e. The lowest BCUT2D eigenvalue weighted by Crippen LogP contribution is -1.89. The maximum atomic E-state index is 5.81. The molecule has 0 unspecified atom stereocenters. The van der Waals surface area contributed by atoms with Crippen LogP contribution in [0.5, 0.6) is 0 Å². The van der Waals surface area contributed by atoms with Gasteiger partial charge in [0.25, 0.3) is 5.89 Å². The monoisotopic (exact) mass is 329 g/mol. The molecule has 0 bridgehead atoms. The number of hydrogen-bond donors (Lipinski definition) is 1. The normalized spacial score (nSPS) is 10.7. The standard InChI is InChI=1S/C15H12BrN3O/c1-9-5-6-12(17)8-13(9)15-18-14(19-20-15)10-3-2-4-11(16)7-10/h2-8H,17H2,1H3. The molecule has 0 aliphatic rings. The van der Waals surface area contributed by atoms with Gasteiger partial charge in [-0.3, -0.25) is 0 Å². The second kappa shape index (κ2) is 5.09. The average molecular weight is 330 g/mol. The molecule has 0 fully saturated rings. The van der Waals surface area contributed by atoms with Gasteiger partial charge in [-0.2, -0.15) is 4.98 Å². The Morgan fingerprint density at radius 1 is 1.15 bits per heavy atom. The largest absolute Gasteiger partial charge is 0.399 e. The van der Waals surface area contributed by atoms with Crippen molar-refractivity contribution in [2.24, 2.45) is 0 Å². The van der Waals surface area contributed by atoms with Gasteiger partial charge in [-0.15, -0.1) is 0 Å². The zero-order chi connectivity index (χ0) is 14.1. The number of nitrogen functional groups attached to an aromatic ring is 1. The SMILES string of the molecule is Cc1ccc(N)cc1-c1nc(-c2cccc(Br)c2)no1. The highest BCUT2D eigenvalue weighted by Gasteiger charge is 2.13. The Bertz CT molecular complexity index is 767. The third-order valence-corrected chi connectivity index (χ3v) is 3.49. The molecule has 3 aromatic rings. The third kappa shape index (κ3) is 2.44. The maximum Gasteiger partial charge on any atom is 0.258 e. The summed E-state index contributed by atoms with van der Waals surface area (Å²) in [6.45, 7) is 1.98. The number of aryl methyl sites for hydroxylation is 1. The number of halogens is 1. The number of nitrogens with two attached hydrogens (primary N) is 1. The van der Waals surface area contributed by atoms with Crippen molar-refractivity contribution in [2.75, 3.05) is 5.73 Å². The molecular weight excluding hydrogens is 318 g/mol. The van der Waals surface area contributed by atoms with Gasteiger partial charge in [0.15, 0.2) is 0 Å². The highest BCUT2D eigenvalue weighted by Crippen LogP contribution is 2.27. The van der Waals surface area contributed by atoms with Crippen molar-refractivity contribution in [3.05, 3.63) is 52.5 Å². The van der Waals surface area contributed by atoms with E-state index in [-0.39, 0.29) is 0 Å². The fourth-order valence-electron chi connectivity index (χ4n) is 1.95. The van der Waals surface area contributed by atoms with Gasteiger partial charge in [0.1, 0.15) is 0 Å². The number of nitrogens with zero attached hydrogens (tertiary/aromatic N) is 2. The van der Waals surface area contributed by atoms with E-state index >= 15 is 0 Å². The van der Waals surface area contributed by atoms with Crippen LogP contribution in [0.4, 0.5) is 5.69 Å². The van der Waals surface area contributed by atoms with Gasteiger partial charge < -0.3 is 10.3 Å². The lowest BCUT2D eigenvalue weighted by atomic mass is 10.1. The van der Waals surface area contributed by atoms with E-state index in [0.29, 0.717) is 17.4 Å². The third-order valence-electron chi connectivity index (χ3n) is 3.00. The first-order chi connectivity index (χ1) is 9.63. The molecule has 0 saturated carbocycles. The zero-order valence-corrected chi connectivity index (χ0v) is 12.4. The van der Waals surface area contributed by atoms with Crippen LogP contribution in [0.3, 0.4) is 0 Å². The summed E-state index contributed by atoms with van der Waals surface area (Å²) in [6, 6.07) is 13.4. The second-order valence-corrected chi connectivity index (χ2v) is 5.42. The van der Waals surface area contributed by atoms with E-state index in [2.05, 4.69) is 26.1 Å². The average Bonchev–Trinajstić information content (AvgIpc) is 2.91. The van der Waals surface area contributed by atoms with E-state index in [1.807, 2.05) is 49.4 Å². The molecule has 0 amide bonds. The number of aromatic nitrogens is 2. The minimum absolute atomic E-state index is 0.477. The smallest absolute Gasteiger partial charge is 0.258 e. The number of benzene rings is 2. The van der Waals surface area contributed by atoms with Gasteiger partial charge in [-0.1, -0.05) is 39.3 Å². The molecule has 3 rings (SSSR count). The predicted molar refractivity (Wildman–Crippen MR) is 82.0 cm³/mol. The van der Waals surface area contributed by atoms with E-state index in [4.69, 9.17) is 10.3 Å². The molecule has 5 heteroatoms. The topological polar surface area (TPSA) is 64.9 Å². The Morgan fingerprint density at radius 2 is 2.00 bits per heavy atom. The molecule has 0 atom stereocenters. The van der Waals surface area contributed by atoms with E-state index in [1.165, 1.54) is 0 Å². The minimum atomic E-state index is 0.477. The first-order valence-electron chi connectivity index (χ1n) is 6.09. The number of hydrogen-bond acceptors (Lipinski definition) is 4. The Labute approximate surface area is 124 Å². The summed E-state index contributed by atoms with van der Waals surface area (Å²) in [6.07, 6.45) is 0. The summed E-state index contributed by atoms with van der Waals surface area (Å²) in [7, 11) is 0. The van der Waals surface area contributed by atoms with Crippen molar-refractivity contribution in [1.82, 2.24) is 10.1 Å². The molecule has 0 aliphatic heterocycles. The maximum absolute atomic E-state index is 5.81. The fraction of sp³-hybridized carbons (Fsp3) is 0.0667. The molecule has 100 valence electrons. The molecule has 1 heterocycles. The van der Waals surface area contributed by atoms with Crippen LogP contribution in [0.15, 0.2) is 51.5 Å². The van der Waals surface area contributed by atoms with Gasteiger partial charge in [0, 0.05) is 21.3 Å². The molecule has 4 nitrogen and oxygen atoms in total. The van der Waals surface area contributed by atoms with Crippen LogP contribution in [-0.2, 0) is 0 Å². The van der Waals surface area contributed by atoms with Crippen molar-refractivity contribution in [1.29, 1.82) is 0 Å². The zero-order valence-electron chi connectivity index (χ0n) is 10.8. The van der Waals surface area contributed by atoms with E-state index < -0.39 is 0 Å². The Morgan fingerprint density at radius 3 is 2.80 bits per heavy atom. The van der Waals surface area contributed by atoms with Crippen LogP contribution in [0.2, 0.25) is 0 Å². The molecule has 0 aliphatic carbocycles. The molecule has 1 aromatic heterocycles. The summed E-state index contributed by atoms with van der Waals surface area (Å²) >= 11 is 3.43. The molecule has 2 N–H and O–H groups in total. The quantitative estimate of drug-likeness (QED) is 0.720. The Kier molecular flexibility index (Phi) is 3.28. The van der Waals surface area contributed by atoms with Crippen LogP contribution < -0.4 is 5.73 Å². The lowest BCUT2D eigenvalue weighted by molar-refractivity contribution is 0.432. The summed E-state index contributed by atoms with van der Waals surface area (Å²) in [5.74, 6) is 1.04. The van der Waals surface area contributed by atoms with E-state index in [9.17, 15) is 0 Å². The molecule has 20 heavy (non-hydrogen) atoms.